The molecule has 1 unspecified atom stereocenters. The standard InChI is InChI=1S/C12H19N3S/c1-3-13-4-2-12(1)5-10(12)6-14-7-11-8-15-9-16-11/h8-10,13-14H,1-7H2. The van der Waals surface area contributed by atoms with E-state index in [1.54, 1.807) is 11.3 Å². The maximum atomic E-state index is 4.09. The minimum Gasteiger partial charge on any atom is -0.317 e. The Kier molecular flexibility index (Phi) is 2.96. The predicted molar refractivity (Wildman–Crippen MR) is 66.5 cm³/mol. The van der Waals surface area contributed by atoms with E-state index in [2.05, 4.69) is 15.6 Å². The zero-order valence-corrected chi connectivity index (χ0v) is 10.4. The molecule has 1 aliphatic carbocycles. The summed E-state index contributed by atoms with van der Waals surface area (Å²) in [6, 6.07) is 0. The van der Waals surface area contributed by atoms with Crippen LogP contribution in [0.15, 0.2) is 11.7 Å². The van der Waals surface area contributed by atoms with Gasteiger partial charge in [0.2, 0.25) is 0 Å². The minimum absolute atomic E-state index is 0.714. The molecule has 88 valence electrons. The van der Waals surface area contributed by atoms with E-state index in [1.807, 2.05) is 11.7 Å². The van der Waals surface area contributed by atoms with E-state index in [1.165, 1.54) is 43.8 Å². The summed E-state index contributed by atoms with van der Waals surface area (Å²) in [7, 11) is 0. The highest BCUT2D eigenvalue weighted by molar-refractivity contribution is 7.09. The average molecular weight is 237 g/mol. The van der Waals surface area contributed by atoms with Crippen molar-refractivity contribution in [3.05, 3.63) is 16.6 Å². The summed E-state index contributed by atoms with van der Waals surface area (Å²) in [4.78, 5) is 5.44. The first-order chi connectivity index (χ1) is 7.89. The molecule has 3 rings (SSSR count). The Morgan fingerprint density at radius 1 is 1.50 bits per heavy atom. The van der Waals surface area contributed by atoms with Gasteiger partial charge in [0.25, 0.3) is 0 Å². The number of hydrogen-bond donors (Lipinski definition) is 2. The van der Waals surface area contributed by atoms with Gasteiger partial charge in [-0.15, -0.1) is 11.3 Å². The molecule has 2 heterocycles. The van der Waals surface area contributed by atoms with E-state index in [4.69, 9.17) is 0 Å². The lowest BCUT2D eigenvalue weighted by Gasteiger charge is -2.23. The van der Waals surface area contributed by atoms with Crippen LogP contribution in [0.4, 0.5) is 0 Å². The fourth-order valence-electron chi connectivity index (χ4n) is 2.96. The molecule has 16 heavy (non-hydrogen) atoms. The summed E-state index contributed by atoms with van der Waals surface area (Å²) >= 11 is 1.74. The van der Waals surface area contributed by atoms with Gasteiger partial charge >= 0.3 is 0 Å². The summed E-state index contributed by atoms with van der Waals surface area (Å²) in [5.74, 6) is 0.933. The highest BCUT2D eigenvalue weighted by Gasteiger charge is 2.52. The summed E-state index contributed by atoms with van der Waals surface area (Å²) in [6.07, 6.45) is 6.19. The van der Waals surface area contributed by atoms with Crippen LogP contribution in [-0.2, 0) is 6.54 Å². The van der Waals surface area contributed by atoms with Crippen LogP contribution >= 0.6 is 11.3 Å². The predicted octanol–water partition coefficient (Wildman–Crippen LogP) is 1.62. The van der Waals surface area contributed by atoms with Crippen molar-refractivity contribution in [1.29, 1.82) is 0 Å². The van der Waals surface area contributed by atoms with Gasteiger partial charge in [-0.1, -0.05) is 0 Å². The van der Waals surface area contributed by atoms with Crippen molar-refractivity contribution in [1.82, 2.24) is 15.6 Å². The number of hydrogen-bond acceptors (Lipinski definition) is 4. The number of nitrogens with zero attached hydrogens (tertiary/aromatic N) is 1. The lowest BCUT2D eigenvalue weighted by molar-refractivity contribution is 0.319. The first kappa shape index (κ1) is 10.7. The third-order valence-corrected chi connectivity index (χ3v) is 4.91. The summed E-state index contributed by atoms with van der Waals surface area (Å²) < 4.78 is 0. The first-order valence-electron chi connectivity index (χ1n) is 6.18. The van der Waals surface area contributed by atoms with Gasteiger partial charge in [-0.3, -0.25) is 4.98 Å². The van der Waals surface area contributed by atoms with E-state index in [9.17, 15) is 0 Å². The highest BCUT2D eigenvalue weighted by atomic mass is 32.1. The molecular weight excluding hydrogens is 218 g/mol. The van der Waals surface area contributed by atoms with Crippen molar-refractivity contribution in [2.45, 2.75) is 25.8 Å². The van der Waals surface area contributed by atoms with Crippen LogP contribution in [0.5, 0.6) is 0 Å². The molecule has 3 nitrogen and oxygen atoms in total. The van der Waals surface area contributed by atoms with Gasteiger partial charge in [-0.25, -0.2) is 0 Å². The first-order valence-corrected chi connectivity index (χ1v) is 7.06. The van der Waals surface area contributed by atoms with Crippen molar-refractivity contribution in [2.24, 2.45) is 11.3 Å². The van der Waals surface area contributed by atoms with Crippen molar-refractivity contribution in [3.63, 3.8) is 0 Å². The van der Waals surface area contributed by atoms with Crippen molar-refractivity contribution in [2.75, 3.05) is 19.6 Å². The zero-order chi connectivity index (χ0) is 10.8. The van der Waals surface area contributed by atoms with E-state index < -0.39 is 0 Å². The monoisotopic (exact) mass is 237 g/mol. The molecule has 1 aromatic heterocycles. The van der Waals surface area contributed by atoms with Gasteiger partial charge < -0.3 is 10.6 Å². The second-order valence-corrected chi connectivity index (χ2v) is 6.08. The lowest BCUT2D eigenvalue weighted by atomic mass is 9.92. The van der Waals surface area contributed by atoms with E-state index in [0.29, 0.717) is 5.41 Å². The fraction of sp³-hybridized carbons (Fsp3) is 0.750. The lowest BCUT2D eigenvalue weighted by Crippen LogP contribution is -2.31. The Morgan fingerprint density at radius 3 is 3.12 bits per heavy atom. The molecule has 1 aromatic rings. The largest absolute Gasteiger partial charge is 0.317 e. The maximum Gasteiger partial charge on any atom is 0.0794 e. The molecule has 2 N–H and O–H groups in total. The molecule has 1 saturated carbocycles. The summed E-state index contributed by atoms with van der Waals surface area (Å²) in [5.41, 5.74) is 2.62. The average Bonchev–Trinajstić information content (AvgIpc) is 2.78. The molecule has 1 saturated heterocycles. The second-order valence-electron chi connectivity index (χ2n) is 5.11. The number of piperidine rings is 1. The smallest absolute Gasteiger partial charge is 0.0794 e. The minimum atomic E-state index is 0.714. The number of rotatable bonds is 4. The molecule has 1 spiro atoms. The van der Waals surface area contributed by atoms with Crippen molar-refractivity contribution in [3.8, 4) is 0 Å². The van der Waals surface area contributed by atoms with E-state index >= 15 is 0 Å². The van der Waals surface area contributed by atoms with Crippen LogP contribution < -0.4 is 10.6 Å². The van der Waals surface area contributed by atoms with Gasteiger partial charge in [0.1, 0.15) is 0 Å². The Morgan fingerprint density at radius 2 is 2.38 bits per heavy atom. The molecule has 4 heteroatoms. The van der Waals surface area contributed by atoms with E-state index in [0.717, 1.165) is 12.5 Å². The molecule has 0 radical (unpaired) electrons. The Hall–Kier alpha value is -0.450. The maximum absolute atomic E-state index is 4.09. The van der Waals surface area contributed by atoms with Crippen molar-refractivity contribution >= 4 is 11.3 Å². The molecule has 2 fully saturated rings. The fourth-order valence-corrected chi connectivity index (χ4v) is 3.52. The molecule has 0 amide bonds. The molecular formula is C12H19N3S. The molecule has 1 aliphatic heterocycles. The molecule has 0 bridgehead atoms. The summed E-state index contributed by atoms with van der Waals surface area (Å²) in [6.45, 7) is 4.64. The molecule has 0 aromatic carbocycles. The van der Waals surface area contributed by atoms with Crippen LogP contribution in [0, 0.1) is 11.3 Å². The van der Waals surface area contributed by atoms with Crippen LogP contribution in [-0.4, -0.2) is 24.6 Å². The summed E-state index contributed by atoms with van der Waals surface area (Å²) in [5, 5.41) is 7.02. The number of aromatic nitrogens is 1. The van der Waals surface area contributed by atoms with Gasteiger partial charge in [-0.05, 0) is 50.2 Å². The van der Waals surface area contributed by atoms with Gasteiger partial charge in [0.05, 0.1) is 5.51 Å². The van der Waals surface area contributed by atoms with Crippen LogP contribution in [0.3, 0.4) is 0 Å². The van der Waals surface area contributed by atoms with Crippen molar-refractivity contribution < 1.29 is 0 Å². The molecule has 2 aliphatic rings. The second kappa shape index (κ2) is 4.43. The van der Waals surface area contributed by atoms with Crippen LogP contribution in [0.25, 0.3) is 0 Å². The van der Waals surface area contributed by atoms with E-state index in [-0.39, 0.29) is 0 Å². The number of nitrogens with one attached hydrogen (secondary N) is 2. The van der Waals surface area contributed by atoms with Gasteiger partial charge in [0, 0.05) is 17.6 Å². The highest BCUT2D eigenvalue weighted by Crippen LogP contribution is 2.58. The van der Waals surface area contributed by atoms with Crippen LogP contribution in [0.2, 0.25) is 0 Å². The Labute approximate surface area is 101 Å². The third-order valence-electron chi connectivity index (χ3n) is 4.13. The normalized spacial score (nSPS) is 27.1. The Balaban J connectivity index is 1.41. The SMILES string of the molecule is c1ncc(CNCC2CC23CCNCC3)s1. The number of thiazole rings is 1. The topological polar surface area (TPSA) is 37.0 Å². The van der Waals surface area contributed by atoms with Gasteiger partial charge in [0.15, 0.2) is 0 Å². The third kappa shape index (κ3) is 2.14. The quantitative estimate of drug-likeness (QED) is 0.835. The van der Waals surface area contributed by atoms with Gasteiger partial charge in [-0.2, -0.15) is 0 Å². The molecule has 1 atom stereocenters. The zero-order valence-electron chi connectivity index (χ0n) is 9.54. The Bertz CT molecular complexity index is 330. The van der Waals surface area contributed by atoms with Crippen LogP contribution in [0.1, 0.15) is 24.1 Å².